The normalized spacial score (nSPS) is 15.8. The molecule has 1 amide bonds. The number of hydrogen-bond acceptors (Lipinski definition) is 8. The molecule has 1 saturated heterocycles. The molecule has 1 unspecified atom stereocenters. The molecule has 1 aromatic heterocycles. The minimum atomic E-state index is -0.783. The zero-order valence-corrected chi connectivity index (χ0v) is 15.4. The quantitative estimate of drug-likeness (QED) is 0.419. The van der Waals surface area contributed by atoms with Gasteiger partial charge in [-0.3, -0.25) is 19.7 Å². The number of carbonyl (C=O) groups excluding carboxylic acids is 2. The van der Waals surface area contributed by atoms with E-state index in [4.69, 9.17) is 9.15 Å². The van der Waals surface area contributed by atoms with Crippen molar-refractivity contribution >= 4 is 17.6 Å². The Kier molecular flexibility index (Phi) is 5.97. The molecule has 0 aliphatic carbocycles. The molecular weight excluding hydrogens is 368 g/mol. The van der Waals surface area contributed by atoms with Crippen LogP contribution in [0.5, 0.6) is 0 Å². The molecule has 1 aliphatic heterocycles. The highest BCUT2D eigenvalue weighted by Gasteiger charge is 2.23. The summed E-state index contributed by atoms with van der Waals surface area (Å²) < 4.78 is 10.8. The van der Waals surface area contributed by atoms with E-state index >= 15 is 0 Å². The third kappa shape index (κ3) is 4.70. The van der Waals surface area contributed by atoms with Crippen LogP contribution in [-0.2, 0) is 14.3 Å². The topological polar surface area (TPSA) is 129 Å². The van der Waals surface area contributed by atoms with Gasteiger partial charge in [0.1, 0.15) is 6.54 Å². The number of aromatic nitrogens is 2. The van der Waals surface area contributed by atoms with Gasteiger partial charge in [0.2, 0.25) is 11.8 Å². The number of nitrogens with zero attached hydrogens (tertiary/aromatic N) is 4. The van der Waals surface area contributed by atoms with E-state index in [9.17, 15) is 19.7 Å². The Morgan fingerprint density at radius 2 is 2.04 bits per heavy atom. The third-order valence-corrected chi connectivity index (χ3v) is 4.41. The highest BCUT2D eigenvalue weighted by molar-refractivity contribution is 5.82. The standard InChI is InChI=1S/C18H20N4O6/c1-12(27-16(24)11-21-10-4-2-3-5-15(21)23)17-19-20-18(28-17)13-6-8-14(9-7-13)22(25)26/h6-9,12H,2-5,10-11H2,1H3. The molecule has 10 nitrogen and oxygen atoms in total. The van der Waals surface area contributed by atoms with Gasteiger partial charge in [-0.2, -0.15) is 0 Å². The van der Waals surface area contributed by atoms with Crippen LogP contribution in [0, 0.1) is 10.1 Å². The smallest absolute Gasteiger partial charge is 0.326 e. The molecular formula is C18H20N4O6. The molecule has 1 aromatic carbocycles. The van der Waals surface area contributed by atoms with Gasteiger partial charge in [-0.05, 0) is 31.9 Å². The summed E-state index contributed by atoms with van der Waals surface area (Å²) in [7, 11) is 0. The average Bonchev–Trinajstić information content (AvgIpc) is 3.08. The van der Waals surface area contributed by atoms with Gasteiger partial charge in [0.05, 0.1) is 4.92 Å². The minimum Gasteiger partial charge on any atom is -0.451 e. The van der Waals surface area contributed by atoms with Crippen LogP contribution in [0.15, 0.2) is 28.7 Å². The Hall–Kier alpha value is -3.30. The summed E-state index contributed by atoms with van der Waals surface area (Å²) in [5, 5.41) is 18.5. The van der Waals surface area contributed by atoms with E-state index in [1.807, 2.05) is 0 Å². The Morgan fingerprint density at radius 1 is 1.29 bits per heavy atom. The van der Waals surface area contributed by atoms with Crippen LogP contribution >= 0.6 is 0 Å². The molecule has 2 heterocycles. The van der Waals surface area contributed by atoms with Gasteiger partial charge in [-0.15, -0.1) is 10.2 Å². The van der Waals surface area contributed by atoms with E-state index in [1.54, 1.807) is 6.92 Å². The van der Waals surface area contributed by atoms with Crippen molar-refractivity contribution in [2.24, 2.45) is 0 Å². The van der Waals surface area contributed by atoms with Crippen LogP contribution in [0.3, 0.4) is 0 Å². The van der Waals surface area contributed by atoms with E-state index in [1.165, 1.54) is 29.2 Å². The first-order valence-corrected chi connectivity index (χ1v) is 8.99. The van der Waals surface area contributed by atoms with Crippen molar-refractivity contribution in [1.82, 2.24) is 15.1 Å². The number of likely N-dealkylation sites (tertiary alicyclic amines) is 1. The molecule has 0 bridgehead atoms. The molecule has 3 rings (SSSR count). The Bertz CT molecular complexity index is 863. The van der Waals surface area contributed by atoms with Crippen molar-refractivity contribution in [3.05, 3.63) is 40.3 Å². The lowest BCUT2D eigenvalue weighted by Crippen LogP contribution is -2.36. The highest BCUT2D eigenvalue weighted by Crippen LogP contribution is 2.24. The first kappa shape index (κ1) is 19.5. The second-order valence-corrected chi connectivity index (χ2v) is 6.51. The summed E-state index contributed by atoms with van der Waals surface area (Å²) in [4.78, 5) is 35.8. The fourth-order valence-electron chi connectivity index (χ4n) is 2.89. The Balaban J connectivity index is 1.60. The Labute approximate surface area is 160 Å². The lowest BCUT2D eigenvalue weighted by molar-refractivity contribution is -0.384. The zero-order chi connectivity index (χ0) is 20.1. The number of esters is 1. The molecule has 28 heavy (non-hydrogen) atoms. The summed E-state index contributed by atoms with van der Waals surface area (Å²) in [5.74, 6) is -0.322. The van der Waals surface area contributed by atoms with Gasteiger partial charge < -0.3 is 14.1 Å². The van der Waals surface area contributed by atoms with Crippen LogP contribution < -0.4 is 0 Å². The number of benzene rings is 1. The summed E-state index contributed by atoms with van der Waals surface area (Å²) in [6, 6.07) is 5.66. The van der Waals surface area contributed by atoms with Gasteiger partial charge in [0, 0.05) is 30.7 Å². The van der Waals surface area contributed by atoms with Crippen LogP contribution in [0.4, 0.5) is 5.69 Å². The zero-order valence-electron chi connectivity index (χ0n) is 15.4. The van der Waals surface area contributed by atoms with Crippen LogP contribution in [-0.4, -0.2) is 45.0 Å². The molecule has 1 atom stereocenters. The van der Waals surface area contributed by atoms with Gasteiger partial charge >= 0.3 is 5.97 Å². The number of non-ortho nitro benzene ring substituents is 1. The molecule has 0 N–H and O–H groups in total. The SMILES string of the molecule is CC(OC(=O)CN1CCCCCC1=O)c1nnc(-c2ccc([N+](=O)[O-])cc2)o1. The molecule has 0 saturated carbocycles. The summed E-state index contributed by atoms with van der Waals surface area (Å²) in [5.41, 5.74) is 0.465. The molecule has 10 heteroatoms. The van der Waals surface area contributed by atoms with Crippen LogP contribution in [0.25, 0.3) is 11.5 Å². The Morgan fingerprint density at radius 3 is 2.75 bits per heavy atom. The van der Waals surface area contributed by atoms with Crippen LogP contribution in [0.2, 0.25) is 0 Å². The second kappa shape index (κ2) is 8.59. The van der Waals surface area contributed by atoms with Crippen molar-refractivity contribution in [2.75, 3.05) is 13.1 Å². The van der Waals surface area contributed by atoms with E-state index in [0.717, 1.165) is 19.3 Å². The maximum Gasteiger partial charge on any atom is 0.326 e. The lowest BCUT2D eigenvalue weighted by Gasteiger charge is -2.20. The summed E-state index contributed by atoms with van der Waals surface area (Å²) in [6.07, 6.45) is 2.35. The van der Waals surface area contributed by atoms with Crippen molar-refractivity contribution in [3.63, 3.8) is 0 Å². The molecule has 0 radical (unpaired) electrons. The first-order valence-electron chi connectivity index (χ1n) is 8.99. The van der Waals surface area contributed by atoms with Gasteiger partial charge in [0.25, 0.3) is 11.6 Å². The maximum atomic E-state index is 12.2. The van der Waals surface area contributed by atoms with Gasteiger partial charge in [-0.1, -0.05) is 6.42 Å². The number of nitro benzene ring substituents is 1. The number of carbonyl (C=O) groups is 2. The van der Waals surface area contributed by atoms with Crippen molar-refractivity contribution < 1.29 is 23.7 Å². The number of nitro groups is 1. The van der Waals surface area contributed by atoms with Crippen molar-refractivity contribution in [1.29, 1.82) is 0 Å². The maximum absolute atomic E-state index is 12.2. The van der Waals surface area contributed by atoms with E-state index in [-0.39, 0.29) is 29.9 Å². The van der Waals surface area contributed by atoms with Crippen molar-refractivity contribution in [3.8, 4) is 11.5 Å². The number of rotatable bonds is 6. The summed E-state index contributed by atoms with van der Waals surface area (Å²) in [6.45, 7) is 2.04. The molecule has 1 aliphatic rings. The van der Waals surface area contributed by atoms with E-state index in [0.29, 0.717) is 18.5 Å². The van der Waals surface area contributed by atoms with E-state index < -0.39 is 17.0 Å². The molecule has 0 spiro atoms. The second-order valence-electron chi connectivity index (χ2n) is 6.51. The third-order valence-electron chi connectivity index (χ3n) is 4.41. The predicted octanol–water partition coefficient (Wildman–Crippen LogP) is 2.65. The number of hydrogen-bond donors (Lipinski definition) is 0. The first-order chi connectivity index (χ1) is 13.4. The predicted molar refractivity (Wildman–Crippen MR) is 95.9 cm³/mol. The molecule has 2 aromatic rings. The fraction of sp³-hybridized carbons (Fsp3) is 0.444. The lowest BCUT2D eigenvalue weighted by atomic mass is 10.2. The molecule has 148 valence electrons. The minimum absolute atomic E-state index is 0.0413. The van der Waals surface area contributed by atoms with Crippen LogP contribution in [0.1, 0.15) is 44.6 Å². The fourth-order valence-corrected chi connectivity index (χ4v) is 2.89. The summed E-state index contributed by atoms with van der Waals surface area (Å²) >= 11 is 0. The van der Waals surface area contributed by atoms with Crippen molar-refractivity contribution in [2.45, 2.75) is 38.7 Å². The van der Waals surface area contributed by atoms with Gasteiger partial charge in [0.15, 0.2) is 6.10 Å². The average molecular weight is 388 g/mol. The number of amides is 1. The highest BCUT2D eigenvalue weighted by atomic mass is 16.6. The largest absolute Gasteiger partial charge is 0.451 e. The van der Waals surface area contributed by atoms with Gasteiger partial charge in [-0.25, -0.2) is 0 Å². The number of ether oxygens (including phenoxy) is 1. The monoisotopic (exact) mass is 388 g/mol. The molecule has 1 fully saturated rings. The van der Waals surface area contributed by atoms with E-state index in [2.05, 4.69) is 10.2 Å².